The van der Waals surface area contributed by atoms with E-state index in [9.17, 15) is 9.59 Å². The van der Waals surface area contributed by atoms with E-state index in [0.717, 1.165) is 24.1 Å². The number of amides is 2. The normalized spacial score (nSPS) is 16.0. The highest BCUT2D eigenvalue weighted by atomic mass is 16.2. The van der Waals surface area contributed by atoms with Crippen molar-refractivity contribution in [1.82, 2.24) is 10.2 Å². The fourth-order valence-corrected chi connectivity index (χ4v) is 2.49. The summed E-state index contributed by atoms with van der Waals surface area (Å²) in [6.07, 6.45) is 3.54. The first-order valence-corrected chi connectivity index (χ1v) is 8.28. The highest BCUT2D eigenvalue weighted by molar-refractivity contribution is 5.84. The summed E-state index contributed by atoms with van der Waals surface area (Å²) in [7, 11) is 1.76. The Morgan fingerprint density at radius 2 is 2.21 bits per heavy atom. The molecule has 24 heavy (non-hydrogen) atoms. The van der Waals surface area contributed by atoms with Crippen LogP contribution in [-0.4, -0.2) is 36.9 Å². The molecular formula is C17H29N5O2. The molecule has 3 N–H and O–H groups in total. The van der Waals surface area contributed by atoms with Crippen molar-refractivity contribution in [3.05, 3.63) is 23.8 Å². The van der Waals surface area contributed by atoms with Gasteiger partial charge in [-0.25, -0.2) is 5.53 Å². The topological polar surface area (TPSA) is 97.7 Å². The molecule has 0 aromatic heterocycles. The Labute approximate surface area is 144 Å². The molecule has 134 valence electrons. The summed E-state index contributed by atoms with van der Waals surface area (Å²) in [6, 6.07) is 5.08. The molecule has 0 saturated carbocycles. The van der Waals surface area contributed by atoms with Crippen LogP contribution in [0.4, 0.5) is 11.4 Å². The lowest BCUT2D eigenvalue weighted by molar-refractivity contribution is -0.131. The highest BCUT2D eigenvalue weighted by Gasteiger charge is 2.29. The monoisotopic (exact) mass is 335 g/mol. The van der Waals surface area contributed by atoms with E-state index in [2.05, 4.69) is 29.6 Å². The summed E-state index contributed by atoms with van der Waals surface area (Å²) in [5, 5.41) is 9.23. The number of anilines is 1. The second-order valence-electron chi connectivity index (χ2n) is 5.64. The number of rotatable bonds is 6. The summed E-state index contributed by atoms with van der Waals surface area (Å²) in [5.41, 5.74) is 9.30. The van der Waals surface area contributed by atoms with Gasteiger partial charge in [0.25, 0.3) is 0 Å². The van der Waals surface area contributed by atoms with Gasteiger partial charge in [0.2, 0.25) is 12.3 Å². The molecule has 7 nitrogen and oxygen atoms in total. The van der Waals surface area contributed by atoms with Crippen molar-refractivity contribution in [3.8, 4) is 0 Å². The second-order valence-corrected chi connectivity index (χ2v) is 5.64. The smallest absolute Gasteiger partial charge is 0.243 e. The molecule has 2 amide bonds. The Kier molecular flexibility index (Phi) is 8.46. The number of carbonyl (C=O) groups excluding carboxylic acids is 2. The molecule has 1 atom stereocenters. The van der Waals surface area contributed by atoms with E-state index >= 15 is 0 Å². The van der Waals surface area contributed by atoms with Gasteiger partial charge in [-0.3, -0.25) is 9.59 Å². The van der Waals surface area contributed by atoms with Crippen LogP contribution < -0.4 is 10.6 Å². The van der Waals surface area contributed by atoms with Crippen LogP contribution in [0.25, 0.3) is 0 Å². The summed E-state index contributed by atoms with van der Waals surface area (Å²) >= 11 is 0. The van der Waals surface area contributed by atoms with E-state index in [1.807, 2.05) is 12.1 Å². The summed E-state index contributed by atoms with van der Waals surface area (Å²) < 4.78 is 0. The maximum Gasteiger partial charge on any atom is 0.243 e. The lowest BCUT2D eigenvalue weighted by atomic mass is 10.1. The average molecular weight is 335 g/mol. The van der Waals surface area contributed by atoms with Crippen LogP contribution in [-0.2, 0) is 16.1 Å². The number of carbonyl (C=O) groups is 2. The first kappa shape index (κ1) is 19.6. The largest absolute Gasteiger partial charge is 0.386 e. The van der Waals surface area contributed by atoms with Gasteiger partial charge < -0.3 is 15.5 Å². The molecule has 1 aromatic rings. The zero-order valence-electron chi connectivity index (χ0n) is 14.6. The number of hydrogen-bond donors (Lipinski definition) is 3. The number of nitrogens with one attached hydrogen (secondary N) is 3. The molecule has 1 aromatic carbocycles. The SMILES string of the molecule is CCC.CNc1ccc(CNC(=O)[C@@H]2CCCN2C=O)cc1N=N.[HH]. The molecule has 0 unspecified atom stereocenters. The van der Waals surface area contributed by atoms with Crippen molar-refractivity contribution in [1.29, 1.82) is 5.53 Å². The molecule has 1 fully saturated rings. The average Bonchev–Trinajstić information content (AvgIpc) is 3.08. The molecular weight excluding hydrogens is 306 g/mol. The lowest BCUT2D eigenvalue weighted by Crippen LogP contribution is -2.42. The second kappa shape index (κ2) is 10.4. The van der Waals surface area contributed by atoms with Gasteiger partial charge in [0.15, 0.2) is 0 Å². The van der Waals surface area contributed by atoms with Crippen LogP contribution in [0.15, 0.2) is 23.3 Å². The Morgan fingerprint density at radius 1 is 1.50 bits per heavy atom. The Bertz CT molecular complexity index is 568. The van der Waals surface area contributed by atoms with Gasteiger partial charge in [-0.2, -0.15) is 5.11 Å². The van der Waals surface area contributed by atoms with Gasteiger partial charge in [0.05, 0.1) is 5.69 Å². The highest BCUT2D eigenvalue weighted by Crippen LogP contribution is 2.25. The van der Waals surface area contributed by atoms with E-state index in [1.54, 1.807) is 13.1 Å². The first-order valence-electron chi connectivity index (χ1n) is 8.28. The van der Waals surface area contributed by atoms with E-state index < -0.39 is 0 Å². The predicted molar refractivity (Wildman–Crippen MR) is 96.5 cm³/mol. The molecule has 7 heteroatoms. The Hall–Kier alpha value is -2.44. The van der Waals surface area contributed by atoms with Crippen molar-refractivity contribution < 1.29 is 11.0 Å². The molecule has 0 aliphatic carbocycles. The van der Waals surface area contributed by atoms with E-state index in [4.69, 9.17) is 5.53 Å². The summed E-state index contributed by atoms with van der Waals surface area (Å²) in [6.45, 7) is 5.24. The van der Waals surface area contributed by atoms with Gasteiger partial charge in [-0.1, -0.05) is 26.3 Å². The van der Waals surface area contributed by atoms with Crippen LogP contribution in [0.2, 0.25) is 0 Å². The van der Waals surface area contributed by atoms with Crippen molar-refractivity contribution in [3.63, 3.8) is 0 Å². The van der Waals surface area contributed by atoms with Crippen molar-refractivity contribution >= 4 is 23.7 Å². The predicted octanol–water partition coefficient (Wildman–Crippen LogP) is 3.29. The summed E-state index contributed by atoms with van der Waals surface area (Å²) in [4.78, 5) is 24.5. The van der Waals surface area contributed by atoms with Gasteiger partial charge in [-0.15, -0.1) is 0 Å². The molecule has 2 rings (SSSR count). The van der Waals surface area contributed by atoms with E-state index in [-0.39, 0.29) is 13.4 Å². The molecule has 1 aliphatic heterocycles. The van der Waals surface area contributed by atoms with Crippen molar-refractivity contribution in [2.75, 3.05) is 18.9 Å². The van der Waals surface area contributed by atoms with Crippen LogP contribution in [0.1, 0.15) is 40.1 Å². The lowest BCUT2D eigenvalue weighted by Gasteiger charge is -2.19. The van der Waals surface area contributed by atoms with Crippen molar-refractivity contribution in [2.24, 2.45) is 5.11 Å². The third kappa shape index (κ3) is 5.33. The number of benzene rings is 1. The van der Waals surface area contributed by atoms with Crippen LogP contribution in [0.5, 0.6) is 0 Å². The zero-order valence-corrected chi connectivity index (χ0v) is 14.6. The maximum atomic E-state index is 12.1. The van der Waals surface area contributed by atoms with Crippen LogP contribution in [0.3, 0.4) is 0 Å². The van der Waals surface area contributed by atoms with Gasteiger partial charge in [0.1, 0.15) is 11.7 Å². The van der Waals surface area contributed by atoms with Gasteiger partial charge >= 0.3 is 0 Å². The Balaban J connectivity index is 0.00000134. The number of likely N-dealkylation sites (tertiary alicyclic amines) is 1. The Morgan fingerprint density at radius 3 is 2.79 bits per heavy atom. The fraction of sp³-hybridized carbons (Fsp3) is 0.529. The third-order valence-electron chi connectivity index (χ3n) is 3.65. The van der Waals surface area contributed by atoms with E-state index in [1.165, 1.54) is 11.3 Å². The quantitative estimate of drug-likeness (QED) is 0.549. The van der Waals surface area contributed by atoms with Gasteiger partial charge in [-0.05, 0) is 30.5 Å². The van der Waals surface area contributed by atoms with Crippen LogP contribution >= 0.6 is 0 Å². The first-order chi connectivity index (χ1) is 11.6. The molecule has 0 radical (unpaired) electrons. The van der Waals surface area contributed by atoms with Crippen LogP contribution in [0, 0.1) is 5.53 Å². The summed E-state index contributed by atoms with van der Waals surface area (Å²) in [5.74, 6) is -0.137. The minimum atomic E-state index is -0.362. The number of hydrogen-bond acceptors (Lipinski definition) is 5. The number of nitrogens with zero attached hydrogens (tertiary/aromatic N) is 2. The molecule has 1 heterocycles. The van der Waals surface area contributed by atoms with Gasteiger partial charge in [0, 0.05) is 21.6 Å². The fourth-order valence-electron chi connectivity index (χ4n) is 2.49. The maximum absolute atomic E-state index is 12.1. The zero-order chi connectivity index (χ0) is 17.9. The van der Waals surface area contributed by atoms with E-state index in [0.29, 0.717) is 25.2 Å². The molecule has 1 aliphatic rings. The minimum Gasteiger partial charge on any atom is -0.386 e. The standard InChI is InChI=1S/C14H19N5O2.C3H8.H2/c1-16-11-5-4-10(7-12(11)18-15)8-17-14(21)13-3-2-6-19(13)9-20;1-3-2;/h4-5,7,9,13,15-16H,2-3,6,8H2,1H3,(H,17,21);3H2,1-2H3;1H/t13-;;/m0../s1. The third-order valence-corrected chi connectivity index (χ3v) is 3.65. The molecule has 0 spiro atoms. The minimum absolute atomic E-state index is 0. The molecule has 0 bridgehead atoms. The van der Waals surface area contributed by atoms with Crippen molar-refractivity contribution in [2.45, 2.75) is 45.7 Å². The molecule has 1 saturated heterocycles.